The summed E-state index contributed by atoms with van der Waals surface area (Å²) in [6.07, 6.45) is 0. The maximum atomic E-state index is 13.9. The molecule has 3 aromatic rings. The number of para-hydroxylation sites is 1. The number of anilines is 3. The van der Waals surface area contributed by atoms with Crippen LogP contribution in [0.3, 0.4) is 0 Å². The molecule has 0 atom stereocenters. The normalized spacial score (nSPS) is 10.8. The zero-order valence-electron chi connectivity index (χ0n) is 13.9. The third kappa shape index (κ3) is 4.09. The van der Waals surface area contributed by atoms with Crippen LogP contribution in [0, 0.1) is 11.6 Å². The number of nitrogens with one attached hydrogen (secondary N) is 2. The quantitative estimate of drug-likeness (QED) is 0.687. The molecule has 2 aromatic carbocycles. The Morgan fingerprint density at radius 2 is 1.56 bits per heavy atom. The van der Waals surface area contributed by atoms with Crippen LogP contribution in [0.5, 0.6) is 0 Å². The van der Waals surface area contributed by atoms with Crippen LogP contribution >= 0.6 is 0 Å². The first kappa shape index (κ1) is 16.8. The number of hydrogen-bond donors (Lipinski definition) is 2. The summed E-state index contributed by atoms with van der Waals surface area (Å²) in [7, 11) is 0. The monoisotopic (exact) mass is 340 g/mol. The molecule has 6 heteroatoms. The van der Waals surface area contributed by atoms with Gasteiger partial charge in [-0.1, -0.05) is 36.4 Å². The second-order valence-corrected chi connectivity index (χ2v) is 5.85. The third-order valence-electron chi connectivity index (χ3n) is 3.43. The maximum absolute atomic E-state index is 13.9. The highest BCUT2D eigenvalue weighted by atomic mass is 19.1. The van der Waals surface area contributed by atoms with E-state index < -0.39 is 11.6 Å². The van der Waals surface area contributed by atoms with E-state index in [0.717, 1.165) is 5.56 Å². The van der Waals surface area contributed by atoms with Gasteiger partial charge in [0.05, 0.1) is 5.69 Å². The fourth-order valence-electron chi connectivity index (χ4n) is 2.34. The molecule has 1 aromatic heterocycles. The lowest BCUT2D eigenvalue weighted by molar-refractivity contribution is 0.590. The van der Waals surface area contributed by atoms with Gasteiger partial charge in [0.2, 0.25) is 5.95 Å². The van der Waals surface area contributed by atoms with Crippen LogP contribution in [0.1, 0.15) is 13.8 Å². The number of halogens is 2. The highest BCUT2D eigenvalue weighted by Gasteiger charge is 2.12. The van der Waals surface area contributed by atoms with Crippen molar-refractivity contribution >= 4 is 17.5 Å². The standard InChI is InChI=1S/C19H18F2N4/c1-12(2)22-19-23-16(13-7-4-3-5-8-13)11-17(25-19)24-18-14(20)9-6-10-15(18)21/h3-12H,1-2H3,(H2,22,23,24,25). The van der Waals surface area contributed by atoms with Crippen LogP contribution in [0.25, 0.3) is 11.3 Å². The second-order valence-electron chi connectivity index (χ2n) is 5.85. The van der Waals surface area contributed by atoms with Gasteiger partial charge in [-0.2, -0.15) is 4.98 Å². The molecule has 1 heterocycles. The molecule has 4 nitrogen and oxygen atoms in total. The van der Waals surface area contributed by atoms with Crippen LogP contribution in [0.2, 0.25) is 0 Å². The van der Waals surface area contributed by atoms with Crippen LogP contribution in [0.15, 0.2) is 54.6 Å². The summed E-state index contributed by atoms with van der Waals surface area (Å²) in [5.41, 5.74) is 1.29. The lowest BCUT2D eigenvalue weighted by Crippen LogP contribution is -2.13. The van der Waals surface area contributed by atoms with E-state index in [-0.39, 0.29) is 11.7 Å². The zero-order chi connectivity index (χ0) is 17.8. The predicted octanol–water partition coefficient (Wildman–Crippen LogP) is 4.99. The molecule has 0 bridgehead atoms. The van der Waals surface area contributed by atoms with E-state index in [4.69, 9.17) is 0 Å². The maximum Gasteiger partial charge on any atom is 0.225 e. The van der Waals surface area contributed by atoms with Gasteiger partial charge in [0.25, 0.3) is 0 Å². The van der Waals surface area contributed by atoms with E-state index in [1.165, 1.54) is 18.2 Å². The Bertz CT molecular complexity index is 846. The Morgan fingerprint density at radius 1 is 0.880 bits per heavy atom. The summed E-state index contributed by atoms with van der Waals surface area (Å²) >= 11 is 0. The number of nitrogens with zero attached hydrogens (tertiary/aromatic N) is 2. The van der Waals surface area contributed by atoms with Gasteiger partial charge in [-0.05, 0) is 26.0 Å². The smallest absolute Gasteiger partial charge is 0.225 e. The van der Waals surface area contributed by atoms with Crippen molar-refractivity contribution in [2.45, 2.75) is 19.9 Å². The van der Waals surface area contributed by atoms with Gasteiger partial charge >= 0.3 is 0 Å². The van der Waals surface area contributed by atoms with Crippen LogP contribution < -0.4 is 10.6 Å². The van der Waals surface area contributed by atoms with Gasteiger partial charge in [-0.15, -0.1) is 0 Å². The van der Waals surface area contributed by atoms with Gasteiger partial charge in [0.15, 0.2) is 0 Å². The first-order chi connectivity index (χ1) is 12.0. The minimum atomic E-state index is -0.682. The fraction of sp³-hybridized carbons (Fsp3) is 0.158. The molecule has 0 aliphatic heterocycles. The Kier molecular flexibility index (Phi) is 4.88. The van der Waals surface area contributed by atoms with E-state index in [1.54, 1.807) is 6.07 Å². The molecule has 0 unspecified atom stereocenters. The van der Waals surface area contributed by atoms with Gasteiger partial charge in [0, 0.05) is 17.7 Å². The molecule has 0 radical (unpaired) electrons. The molecule has 0 saturated carbocycles. The predicted molar refractivity (Wildman–Crippen MR) is 95.9 cm³/mol. The molecule has 0 spiro atoms. The van der Waals surface area contributed by atoms with Crippen molar-refractivity contribution < 1.29 is 8.78 Å². The molecular formula is C19H18F2N4. The Labute approximate surface area is 145 Å². The second kappa shape index (κ2) is 7.25. The lowest BCUT2D eigenvalue weighted by atomic mass is 10.1. The molecule has 0 aliphatic rings. The van der Waals surface area contributed by atoms with Crippen molar-refractivity contribution in [3.63, 3.8) is 0 Å². The molecule has 0 saturated heterocycles. The number of hydrogen-bond acceptors (Lipinski definition) is 4. The lowest BCUT2D eigenvalue weighted by Gasteiger charge is -2.13. The Balaban J connectivity index is 2.03. The van der Waals surface area contributed by atoms with Crippen molar-refractivity contribution in [3.8, 4) is 11.3 Å². The number of rotatable bonds is 5. The molecular weight excluding hydrogens is 322 g/mol. The summed E-state index contributed by atoms with van der Waals surface area (Å²) in [5.74, 6) is -0.673. The average molecular weight is 340 g/mol. The van der Waals surface area contributed by atoms with Crippen molar-refractivity contribution in [3.05, 3.63) is 66.2 Å². The van der Waals surface area contributed by atoms with Crippen molar-refractivity contribution in [1.29, 1.82) is 0 Å². The summed E-state index contributed by atoms with van der Waals surface area (Å²) in [5, 5.41) is 5.84. The summed E-state index contributed by atoms with van der Waals surface area (Å²) in [6, 6.07) is 15.0. The SMILES string of the molecule is CC(C)Nc1nc(Nc2c(F)cccc2F)cc(-c2ccccc2)n1. The van der Waals surface area contributed by atoms with E-state index in [0.29, 0.717) is 17.5 Å². The minimum Gasteiger partial charge on any atom is -0.352 e. The molecule has 3 rings (SSSR count). The summed E-state index contributed by atoms with van der Waals surface area (Å²) in [4.78, 5) is 8.79. The highest BCUT2D eigenvalue weighted by molar-refractivity contribution is 5.67. The molecule has 25 heavy (non-hydrogen) atoms. The van der Waals surface area contributed by atoms with Crippen molar-refractivity contribution in [2.24, 2.45) is 0 Å². The average Bonchev–Trinajstić information content (AvgIpc) is 2.58. The number of benzene rings is 2. The number of aromatic nitrogens is 2. The summed E-state index contributed by atoms with van der Waals surface area (Å²) < 4.78 is 27.8. The highest BCUT2D eigenvalue weighted by Crippen LogP contribution is 2.26. The molecule has 0 aliphatic carbocycles. The van der Waals surface area contributed by atoms with Crippen LogP contribution in [-0.4, -0.2) is 16.0 Å². The van der Waals surface area contributed by atoms with E-state index in [2.05, 4.69) is 20.6 Å². The molecule has 128 valence electrons. The van der Waals surface area contributed by atoms with Gasteiger partial charge in [0.1, 0.15) is 23.1 Å². The third-order valence-corrected chi connectivity index (χ3v) is 3.43. The van der Waals surface area contributed by atoms with Crippen LogP contribution in [-0.2, 0) is 0 Å². The zero-order valence-corrected chi connectivity index (χ0v) is 13.9. The first-order valence-electron chi connectivity index (χ1n) is 7.95. The van der Waals surface area contributed by atoms with Crippen LogP contribution in [0.4, 0.5) is 26.2 Å². The van der Waals surface area contributed by atoms with Crippen molar-refractivity contribution in [2.75, 3.05) is 10.6 Å². The van der Waals surface area contributed by atoms with E-state index in [9.17, 15) is 8.78 Å². The van der Waals surface area contributed by atoms with Gasteiger partial charge in [-0.3, -0.25) is 0 Å². The fourth-order valence-corrected chi connectivity index (χ4v) is 2.34. The Morgan fingerprint density at radius 3 is 2.20 bits per heavy atom. The topological polar surface area (TPSA) is 49.8 Å². The molecule has 0 fully saturated rings. The van der Waals surface area contributed by atoms with Crippen molar-refractivity contribution in [1.82, 2.24) is 9.97 Å². The van der Waals surface area contributed by atoms with Gasteiger partial charge in [-0.25, -0.2) is 13.8 Å². The minimum absolute atomic E-state index is 0.115. The Hall–Kier alpha value is -3.02. The molecule has 0 amide bonds. The van der Waals surface area contributed by atoms with E-state index >= 15 is 0 Å². The summed E-state index contributed by atoms with van der Waals surface area (Å²) in [6.45, 7) is 3.92. The molecule has 2 N–H and O–H groups in total. The van der Waals surface area contributed by atoms with E-state index in [1.807, 2.05) is 44.2 Å². The largest absolute Gasteiger partial charge is 0.352 e. The van der Waals surface area contributed by atoms with Gasteiger partial charge < -0.3 is 10.6 Å². The first-order valence-corrected chi connectivity index (χ1v) is 7.95.